The summed E-state index contributed by atoms with van der Waals surface area (Å²) in [6.45, 7) is 10.3. The van der Waals surface area contributed by atoms with Gasteiger partial charge in [-0.1, -0.05) is 6.58 Å². The molecule has 0 atom stereocenters. The van der Waals surface area contributed by atoms with Gasteiger partial charge in [-0.25, -0.2) is 0 Å². The van der Waals surface area contributed by atoms with Gasteiger partial charge < -0.3 is 24.3 Å². The first-order valence-electron chi connectivity index (χ1n) is 6.52. The van der Waals surface area contributed by atoms with Crippen molar-refractivity contribution in [1.29, 1.82) is 0 Å². The van der Waals surface area contributed by atoms with Gasteiger partial charge in [0.15, 0.2) is 0 Å². The first kappa shape index (κ1) is 18.0. The highest BCUT2D eigenvalue weighted by Gasteiger charge is 1.94. The van der Waals surface area contributed by atoms with E-state index in [2.05, 4.69) is 11.9 Å². The second kappa shape index (κ2) is 15.1. The number of carbonyl (C=O) groups excluding carboxylic acids is 1. The average molecular weight is 275 g/mol. The Balaban J connectivity index is 2.99. The van der Waals surface area contributed by atoms with Crippen LogP contribution in [0.4, 0.5) is 0 Å². The first-order chi connectivity index (χ1) is 9.31. The van der Waals surface area contributed by atoms with Gasteiger partial charge in [0.2, 0.25) is 5.91 Å². The third-order valence-corrected chi connectivity index (χ3v) is 2.05. The van der Waals surface area contributed by atoms with Crippen molar-refractivity contribution in [1.82, 2.24) is 5.32 Å². The maximum atomic E-state index is 10.8. The standard InChI is InChI=1S/C13H25NO5/c1-3-13(15)14-5-6-17-9-10-19-12-11-18-8-7-16-4-2/h3H,1,4-12H2,2H3,(H,14,15). The quantitative estimate of drug-likeness (QED) is 0.366. The minimum absolute atomic E-state index is 0.191. The lowest BCUT2D eigenvalue weighted by Gasteiger charge is -2.07. The summed E-state index contributed by atoms with van der Waals surface area (Å²) in [5.74, 6) is -0.191. The van der Waals surface area contributed by atoms with Crippen molar-refractivity contribution in [3.8, 4) is 0 Å². The molecule has 1 amide bonds. The van der Waals surface area contributed by atoms with Gasteiger partial charge in [0.05, 0.1) is 46.2 Å². The predicted octanol–water partition coefficient (Wildman–Crippen LogP) is 0.375. The van der Waals surface area contributed by atoms with Crippen LogP contribution in [0.2, 0.25) is 0 Å². The number of amides is 1. The van der Waals surface area contributed by atoms with Crippen molar-refractivity contribution < 1.29 is 23.7 Å². The van der Waals surface area contributed by atoms with Gasteiger partial charge in [-0.3, -0.25) is 4.79 Å². The molecule has 1 N–H and O–H groups in total. The van der Waals surface area contributed by atoms with Crippen LogP contribution in [-0.2, 0) is 23.7 Å². The van der Waals surface area contributed by atoms with Crippen LogP contribution in [0.25, 0.3) is 0 Å². The number of carbonyl (C=O) groups is 1. The van der Waals surface area contributed by atoms with E-state index in [4.69, 9.17) is 18.9 Å². The van der Waals surface area contributed by atoms with Crippen LogP contribution >= 0.6 is 0 Å². The van der Waals surface area contributed by atoms with Crippen LogP contribution in [0.1, 0.15) is 6.92 Å². The molecule has 0 saturated heterocycles. The van der Waals surface area contributed by atoms with Gasteiger partial charge in [0, 0.05) is 13.2 Å². The Hall–Kier alpha value is -0.950. The molecule has 0 fully saturated rings. The van der Waals surface area contributed by atoms with E-state index in [1.54, 1.807) is 0 Å². The van der Waals surface area contributed by atoms with E-state index < -0.39 is 0 Å². The maximum absolute atomic E-state index is 10.8. The summed E-state index contributed by atoms with van der Waals surface area (Å²) < 4.78 is 20.9. The Morgan fingerprint density at radius 3 is 1.89 bits per heavy atom. The van der Waals surface area contributed by atoms with Crippen molar-refractivity contribution in [3.63, 3.8) is 0 Å². The Morgan fingerprint density at radius 2 is 1.42 bits per heavy atom. The molecule has 19 heavy (non-hydrogen) atoms. The van der Waals surface area contributed by atoms with Crippen molar-refractivity contribution in [2.45, 2.75) is 6.92 Å². The third kappa shape index (κ3) is 15.0. The molecule has 6 nitrogen and oxygen atoms in total. The Bertz CT molecular complexity index is 223. The fraction of sp³-hybridized carbons (Fsp3) is 0.769. The molecule has 0 radical (unpaired) electrons. The SMILES string of the molecule is C=CC(=O)NCCOCCOCCOCCOCC. The topological polar surface area (TPSA) is 66.0 Å². The lowest BCUT2D eigenvalue weighted by atomic mass is 10.5. The molecule has 112 valence electrons. The normalized spacial score (nSPS) is 10.4. The van der Waals surface area contributed by atoms with Crippen molar-refractivity contribution in [3.05, 3.63) is 12.7 Å². The van der Waals surface area contributed by atoms with Gasteiger partial charge >= 0.3 is 0 Å². The molecule has 0 aromatic rings. The zero-order valence-corrected chi connectivity index (χ0v) is 11.7. The third-order valence-electron chi connectivity index (χ3n) is 2.05. The zero-order valence-electron chi connectivity index (χ0n) is 11.7. The molecular formula is C13H25NO5. The summed E-state index contributed by atoms with van der Waals surface area (Å²) in [5.41, 5.74) is 0. The van der Waals surface area contributed by atoms with Gasteiger partial charge in [-0.2, -0.15) is 0 Å². The van der Waals surface area contributed by atoms with Gasteiger partial charge in [-0.15, -0.1) is 0 Å². The van der Waals surface area contributed by atoms with Crippen molar-refractivity contribution >= 4 is 5.91 Å². The molecule has 0 rings (SSSR count). The highest BCUT2D eigenvalue weighted by Crippen LogP contribution is 1.82. The van der Waals surface area contributed by atoms with E-state index in [0.717, 1.165) is 0 Å². The summed E-state index contributed by atoms with van der Waals surface area (Å²) in [6.07, 6.45) is 1.23. The van der Waals surface area contributed by atoms with E-state index in [-0.39, 0.29) is 5.91 Å². The highest BCUT2D eigenvalue weighted by atomic mass is 16.6. The van der Waals surface area contributed by atoms with Gasteiger partial charge in [0.25, 0.3) is 0 Å². The van der Waals surface area contributed by atoms with Crippen molar-refractivity contribution in [2.24, 2.45) is 0 Å². The van der Waals surface area contributed by atoms with Gasteiger partial charge in [0.1, 0.15) is 0 Å². The van der Waals surface area contributed by atoms with Crippen LogP contribution in [0, 0.1) is 0 Å². The molecule has 0 aromatic carbocycles. The molecular weight excluding hydrogens is 250 g/mol. The van der Waals surface area contributed by atoms with E-state index in [1.165, 1.54) is 6.08 Å². The lowest BCUT2D eigenvalue weighted by Crippen LogP contribution is -2.25. The zero-order chi connectivity index (χ0) is 14.2. The van der Waals surface area contributed by atoms with E-state index >= 15 is 0 Å². The first-order valence-corrected chi connectivity index (χ1v) is 6.52. The molecule has 0 unspecified atom stereocenters. The molecule has 0 spiro atoms. The second-order valence-electron chi connectivity index (χ2n) is 3.53. The molecule has 0 bridgehead atoms. The van der Waals surface area contributed by atoms with E-state index in [9.17, 15) is 4.79 Å². The minimum atomic E-state index is -0.191. The fourth-order valence-electron chi connectivity index (χ4n) is 1.12. The van der Waals surface area contributed by atoms with Crippen LogP contribution in [0.5, 0.6) is 0 Å². The predicted molar refractivity (Wildman–Crippen MR) is 72.2 cm³/mol. The molecule has 0 heterocycles. The minimum Gasteiger partial charge on any atom is -0.379 e. The van der Waals surface area contributed by atoms with E-state index in [0.29, 0.717) is 59.4 Å². The molecule has 0 saturated carbocycles. The Labute approximate surface area is 115 Å². The number of rotatable bonds is 14. The Morgan fingerprint density at radius 1 is 0.947 bits per heavy atom. The molecule has 6 heteroatoms. The lowest BCUT2D eigenvalue weighted by molar-refractivity contribution is -0.116. The average Bonchev–Trinajstić information content (AvgIpc) is 2.43. The number of hydrogen-bond acceptors (Lipinski definition) is 5. The monoisotopic (exact) mass is 275 g/mol. The summed E-state index contributed by atoms with van der Waals surface area (Å²) in [5, 5.41) is 2.61. The molecule has 0 aliphatic rings. The molecule has 0 aromatic heterocycles. The van der Waals surface area contributed by atoms with Crippen LogP contribution in [0.15, 0.2) is 12.7 Å². The highest BCUT2D eigenvalue weighted by molar-refractivity contribution is 5.86. The summed E-state index contributed by atoms with van der Waals surface area (Å²) >= 11 is 0. The van der Waals surface area contributed by atoms with E-state index in [1.807, 2.05) is 6.92 Å². The number of ether oxygens (including phenoxy) is 4. The fourth-order valence-corrected chi connectivity index (χ4v) is 1.12. The van der Waals surface area contributed by atoms with Gasteiger partial charge in [-0.05, 0) is 13.0 Å². The van der Waals surface area contributed by atoms with Crippen LogP contribution < -0.4 is 5.32 Å². The summed E-state index contributed by atoms with van der Waals surface area (Å²) in [6, 6.07) is 0. The largest absolute Gasteiger partial charge is 0.379 e. The van der Waals surface area contributed by atoms with Crippen LogP contribution in [0.3, 0.4) is 0 Å². The van der Waals surface area contributed by atoms with Crippen molar-refractivity contribution in [2.75, 3.05) is 59.4 Å². The maximum Gasteiger partial charge on any atom is 0.243 e. The Kier molecular flexibility index (Phi) is 14.4. The summed E-state index contributed by atoms with van der Waals surface area (Å²) in [7, 11) is 0. The second-order valence-corrected chi connectivity index (χ2v) is 3.53. The smallest absolute Gasteiger partial charge is 0.243 e. The molecule has 0 aliphatic carbocycles. The molecule has 0 aliphatic heterocycles. The number of hydrogen-bond donors (Lipinski definition) is 1. The van der Waals surface area contributed by atoms with Crippen LogP contribution in [-0.4, -0.2) is 65.3 Å². The number of nitrogens with one attached hydrogen (secondary N) is 1. The summed E-state index contributed by atoms with van der Waals surface area (Å²) in [4.78, 5) is 10.8.